The van der Waals surface area contributed by atoms with Crippen molar-refractivity contribution in [3.05, 3.63) is 11.1 Å². The monoisotopic (exact) mass is 207 g/mol. The van der Waals surface area contributed by atoms with Crippen LogP contribution in [0.2, 0.25) is 6.04 Å². The highest BCUT2D eigenvalue weighted by molar-refractivity contribution is 9.11. The van der Waals surface area contributed by atoms with Crippen LogP contribution < -0.4 is 0 Å². The summed E-state index contributed by atoms with van der Waals surface area (Å²) in [6.45, 7) is 5.46. The van der Waals surface area contributed by atoms with E-state index in [1.807, 2.05) is 0 Å². The van der Waals surface area contributed by atoms with E-state index in [0.717, 1.165) is 14.7 Å². The van der Waals surface area contributed by atoms with Crippen molar-refractivity contribution < 1.29 is 4.15 Å². The Morgan fingerprint density at radius 2 is 2.00 bits per heavy atom. The van der Waals surface area contributed by atoms with E-state index < -0.39 is 0 Å². The lowest BCUT2D eigenvalue weighted by Crippen LogP contribution is -2.38. The maximum atomic E-state index is 5.46. The van der Waals surface area contributed by atoms with Crippen LogP contribution in [0.15, 0.2) is 4.48 Å². The summed E-state index contributed by atoms with van der Waals surface area (Å²) in [4.78, 5) is 0. The van der Waals surface area contributed by atoms with Crippen LogP contribution in [-0.2, 0) is 0 Å². The van der Waals surface area contributed by atoms with Crippen LogP contribution >= 0.6 is 15.9 Å². The Bertz CT molecular complexity index is 106. The molecule has 53 valence electrons. The third kappa shape index (κ3) is 8.40. The lowest BCUT2D eigenvalue weighted by molar-refractivity contribution is -0.755. The Morgan fingerprint density at radius 3 is 2.11 bits per heavy atom. The third-order valence-corrected chi connectivity index (χ3v) is 4.25. The Balaban J connectivity index is 3.39. The molecule has 0 bridgehead atoms. The van der Waals surface area contributed by atoms with Crippen molar-refractivity contribution in [1.29, 1.82) is 0 Å². The van der Waals surface area contributed by atoms with Gasteiger partial charge in [0.05, 0.1) is 21.1 Å². The maximum absolute atomic E-state index is 5.46. The smallest absolute Gasteiger partial charge is 0.259 e. The molecule has 0 aliphatic rings. The van der Waals surface area contributed by atoms with Gasteiger partial charge in [0.15, 0.2) is 0 Å². The zero-order chi connectivity index (χ0) is 7.49. The largest absolute Gasteiger partial charge is 0.395 e. The predicted molar refractivity (Wildman–Crippen MR) is 48.1 cm³/mol. The molecule has 1 nitrogen and oxygen atoms in total. The van der Waals surface area contributed by atoms with Gasteiger partial charge in [0.2, 0.25) is 0 Å². The molecule has 0 amide bonds. The predicted octanol–water partition coefficient (Wildman–Crippen LogP) is 0.906. The molecule has 3 heteroatoms. The van der Waals surface area contributed by atoms with E-state index in [1.54, 1.807) is 0 Å². The normalized spacial score (nSPS) is 12.9. The van der Waals surface area contributed by atoms with Crippen molar-refractivity contribution in [2.75, 3.05) is 21.1 Å². The fourth-order valence-corrected chi connectivity index (χ4v) is 1.86. The van der Waals surface area contributed by atoms with Crippen molar-refractivity contribution in [2.45, 2.75) is 6.04 Å². The molecule has 1 radical (unpaired) electrons. The highest BCUT2D eigenvalue weighted by Gasteiger charge is 2.07. The summed E-state index contributed by atoms with van der Waals surface area (Å²) < 4.78 is 2.01. The molecule has 0 heterocycles. The Morgan fingerprint density at radius 1 is 1.56 bits per heavy atom. The average molecular weight is 208 g/mol. The summed E-state index contributed by atoms with van der Waals surface area (Å²) in [5.74, 6) is 0. The standard InChI is InChI=1S/C6H14BrNSi/c1-6(7)5-9-8(2,3)4/h1H,5,9H2,2-4H3/q+1. The van der Waals surface area contributed by atoms with Crippen LogP contribution in [0.4, 0.5) is 0 Å². The number of quaternary nitrogens is 1. The molecule has 0 aromatic carbocycles. The molecule has 0 fully saturated rings. The van der Waals surface area contributed by atoms with E-state index >= 15 is 0 Å². The van der Waals surface area contributed by atoms with Gasteiger partial charge in [0.1, 0.15) is 0 Å². The van der Waals surface area contributed by atoms with Crippen LogP contribution in [-0.4, -0.2) is 35.0 Å². The molecule has 9 heavy (non-hydrogen) atoms. The highest BCUT2D eigenvalue weighted by atomic mass is 79.9. The van der Waals surface area contributed by atoms with Gasteiger partial charge < -0.3 is 4.15 Å². The van der Waals surface area contributed by atoms with E-state index in [4.69, 9.17) is 6.58 Å². The van der Waals surface area contributed by atoms with Crippen molar-refractivity contribution in [3.8, 4) is 0 Å². The number of hydrogen-bond donors (Lipinski definition) is 0. The second-order valence-electron chi connectivity index (χ2n) is 3.21. The summed E-state index contributed by atoms with van der Waals surface area (Å²) in [7, 11) is 6.56. The van der Waals surface area contributed by atoms with E-state index in [2.05, 4.69) is 37.1 Å². The minimum absolute atomic E-state index is 0.0693. The number of allylic oxidation sites excluding steroid dienone is 1. The van der Waals surface area contributed by atoms with Crippen LogP contribution in [0.1, 0.15) is 0 Å². The summed E-state index contributed by atoms with van der Waals surface area (Å²) in [6.07, 6.45) is 0. The molecule has 0 saturated heterocycles. The topological polar surface area (TPSA) is 0 Å². The summed E-state index contributed by atoms with van der Waals surface area (Å²) in [5, 5.41) is 0. The van der Waals surface area contributed by atoms with Gasteiger partial charge in [-0.3, -0.25) is 0 Å². The first-order valence-corrected chi connectivity index (χ1v) is 5.41. The summed E-state index contributed by atoms with van der Waals surface area (Å²) in [6, 6.07) is 1.09. The Hall–Kier alpha value is 0.397. The fraction of sp³-hybridized carbons (Fsp3) is 0.667. The second-order valence-corrected chi connectivity index (χ2v) is 7.07. The molecule has 0 rings (SSSR count). The van der Waals surface area contributed by atoms with Crippen LogP contribution in [0.25, 0.3) is 0 Å². The van der Waals surface area contributed by atoms with Gasteiger partial charge in [-0.05, 0) is 4.48 Å². The first kappa shape index (κ1) is 9.40. The minimum atomic E-state index is -0.0693. The van der Waals surface area contributed by atoms with Crippen LogP contribution in [0.5, 0.6) is 0 Å². The number of rotatable bonds is 3. The van der Waals surface area contributed by atoms with E-state index in [-0.39, 0.29) is 9.68 Å². The second kappa shape index (κ2) is 3.54. The van der Waals surface area contributed by atoms with Crippen LogP contribution in [0.3, 0.4) is 0 Å². The van der Waals surface area contributed by atoms with E-state index in [9.17, 15) is 0 Å². The molecule has 0 aromatic heterocycles. The lowest BCUT2D eigenvalue weighted by Gasteiger charge is -2.24. The van der Waals surface area contributed by atoms with E-state index in [1.165, 1.54) is 0 Å². The SMILES string of the molecule is [CH]=C(Br)C[SiH2][N+](C)(C)C. The van der Waals surface area contributed by atoms with Gasteiger partial charge in [0, 0.05) is 6.04 Å². The van der Waals surface area contributed by atoms with Gasteiger partial charge in [-0.2, -0.15) is 0 Å². The van der Waals surface area contributed by atoms with Crippen LogP contribution in [0, 0.1) is 6.58 Å². The molecule has 0 spiro atoms. The van der Waals surface area contributed by atoms with Crippen molar-refractivity contribution in [3.63, 3.8) is 0 Å². The van der Waals surface area contributed by atoms with Gasteiger partial charge in [-0.25, -0.2) is 0 Å². The molecule has 0 unspecified atom stereocenters. The van der Waals surface area contributed by atoms with E-state index in [0.29, 0.717) is 0 Å². The van der Waals surface area contributed by atoms with Gasteiger partial charge >= 0.3 is 0 Å². The highest BCUT2D eigenvalue weighted by Crippen LogP contribution is 2.07. The van der Waals surface area contributed by atoms with Crippen molar-refractivity contribution in [2.24, 2.45) is 0 Å². The lowest BCUT2D eigenvalue weighted by atomic mass is 10.8. The number of nitrogens with zero attached hydrogens (tertiary/aromatic N) is 1. The molecule has 0 atom stereocenters. The summed E-state index contributed by atoms with van der Waals surface area (Å²) in [5.41, 5.74) is 0. The molecule has 0 aromatic rings. The Kier molecular flexibility index (Phi) is 3.69. The zero-order valence-electron chi connectivity index (χ0n) is 6.32. The molecular formula is C6H14BrNSi+. The minimum Gasteiger partial charge on any atom is -0.395 e. The molecule has 0 aliphatic heterocycles. The molecule has 0 aliphatic carbocycles. The van der Waals surface area contributed by atoms with Crippen molar-refractivity contribution >= 4 is 25.6 Å². The van der Waals surface area contributed by atoms with Gasteiger partial charge in [0.25, 0.3) is 9.68 Å². The quantitative estimate of drug-likeness (QED) is 0.605. The van der Waals surface area contributed by atoms with Crippen molar-refractivity contribution in [1.82, 2.24) is 0 Å². The first-order chi connectivity index (χ1) is 3.92. The first-order valence-electron chi connectivity index (χ1n) is 2.99. The zero-order valence-corrected chi connectivity index (χ0v) is 9.32. The number of halogens is 1. The molecular weight excluding hydrogens is 194 g/mol. The summed E-state index contributed by atoms with van der Waals surface area (Å²) >= 11 is 3.25. The number of hydrogen-bond acceptors (Lipinski definition) is 0. The van der Waals surface area contributed by atoms with Gasteiger partial charge in [-0.1, -0.05) is 22.5 Å². The Labute approximate surface area is 68.4 Å². The molecule has 0 N–H and O–H groups in total. The fourth-order valence-electron chi connectivity index (χ4n) is 0.442. The average Bonchev–Trinajstić information content (AvgIpc) is 1.59. The third-order valence-electron chi connectivity index (χ3n) is 1.02. The molecule has 0 saturated carbocycles. The maximum Gasteiger partial charge on any atom is 0.259 e. The van der Waals surface area contributed by atoms with Gasteiger partial charge in [-0.15, -0.1) is 0 Å².